The lowest BCUT2D eigenvalue weighted by Gasteiger charge is -2.28. The first-order chi connectivity index (χ1) is 23.1. The summed E-state index contributed by atoms with van der Waals surface area (Å²) in [4.78, 5) is 11.0. The van der Waals surface area contributed by atoms with Crippen molar-refractivity contribution < 1.29 is 38.1 Å². The fraction of sp³-hybridized carbons (Fsp3) is 0.857. The van der Waals surface area contributed by atoms with Gasteiger partial charge in [0.2, 0.25) is 0 Å². The maximum Gasteiger partial charge on any atom is 0.165 e. The van der Waals surface area contributed by atoms with E-state index in [2.05, 4.69) is 62.6 Å². The molecular formula is C42H82IN3O2. The van der Waals surface area contributed by atoms with Gasteiger partial charge in [0.05, 0.1) is 14.1 Å². The molecule has 0 aliphatic carbocycles. The van der Waals surface area contributed by atoms with Crippen molar-refractivity contribution in [3.8, 4) is 0 Å². The highest BCUT2D eigenvalue weighted by Gasteiger charge is 2.14. The highest BCUT2D eigenvalue weighted by Crippen LogP contribution is 2.11. The third-order valence-electron chi connectivity index (χ3n) is 9.06. The molecule has 284 valence electrons. The summed E-state index contributed by atoms with van der Waals surface area (Å²) in [5, 5.41) is 8.33. The zero-order valence-electron chi connectivity index (χ0n) is 32.6. The van der Waals surface area contributed by atoms with Crippen molar-refractivity contribution in [3.05, 3.63) is 24.3 Å². The topological polar surface area (TPSA) is 43.2 Å². The van der Waals surface area contributed by atoms with Crippen LogP contribution in [0.4, 0.5) is 0 Å². The second kappa shape index (κ2) is 42.3. The Morgan fingerprint density at radius 3 is 0.979 bits per heavy atom. The number of likely N-dealkylation sites (N-methyl/N-ethyl adjacent to an activating group) is 1. The van der Waals surface area contributed by atoms with Gasteiger partial charge in [-0.3, -0.25) is 0 Å². The second-order valence-corrected chi connectivity index (χ2v) is 14.4. The van der Waals surface area contributed by atoms with Crippen LogP contribution >= 0.6 is 0 Å². The average Bonchev–Trinajstić information content (AvgIpc) is 3.06. The monoisotopic (exact) mass is 788 g/mol. The van der Waals surface area contributed by atoms with E-state index >= 15 is 0 Å². The Balaban J connectivity index is 0. The molecule has 0 heterocycles. The van der Waals surface area contributed by atoms with Gasteiger partial charge in [0.25, 0.3) is 0 Å². The highest BCUT2D eigenvalue weighted by atomic mass is 127. The van der Waals surface area contributed by atoms with E-state index in [1.54, 1.807) is 0 Å². The lowest BCUT2D eigenvalue weighted by Crippen LogP contribution is -3.00. The molecule has 0 amide bonds. The molecule has 0 aromatic heterocycles. The summed E-state index contributed by atoms with van der Waals surface area (Å²) in [7, 11) is 4.41. The molecule has 0 bridgehead atoms. The predicted molar refractivity (Wildman–Crippen MR) is 210 cm³/mol. The molecule has 5 nitrogen and oxygen atoms in total. The minimum Gasteiger partial charge on any atom is -1.00 e. The molecule has 0 unspecified atom stereocenters. The molecule has 0 rings (SSSR count). The number of hydrogen-bond acceptors (Lipinski definition) is 4. The number of oxime groups is 2. The van der Waals surface area contributed by atoms with Crippen molar-refractivity contribution in [1.29, 1.82) is 0 Å². The van der Waals surface area contributed by atoms with Gasteiger partial charge >= 0.3 is 0 Å². The van der Waals surface area contributed by atoms with Crippen molar-refractivity contribution in [2.75, 3.05) is 40.4 Å². The van der Waals surface area contributed by atoms with Crippen LogP contribution in [0.3, 0.4) is 0 Å². The molecule has 0 atom stereocenters. The lowest BCUT2D eigenvalue weighted by molar-refractivity contribution is -0.891. The van der Waals surface area contributed by atoms with Gasteiger partial charge in [0, 0.05) is 12.4 Å². The average molecular weight is 788 g/mol. The fourth-order valence-corrected chi connectivity index (χ4v) is 5.62. The number of halogens is 1. The van der Waals surface area contributed by atoms with E-state index in [9.17, 15) is 0 Å². The zero-order valence-corrected chi connectivity index (χ0v) is 34.8. The Morgan fingerprint density at radius 2 is 0.667 bits per heavy atom. The zero-order chi connectivity index (χ0) is 34.2. The molecule has 0 saturated carbocycles. The maximum atomic E-state index is 5.51. The molecule has 0 aromatic carbocycles. The normalized spacial score (nSPS) is 12.2. The largest absolute Gasteiger partial charge is 1.00 e. The Morgan fingerprint density at radius 1 is 0.396 bits per heavy atom. The van der Waals surface area contributed by atoms with Gasteiger partial charge in [-0.1, -0.05) is 151 Å². The number of unbranched alkanes of at least 4 members (excludes halogenated alkanes) is 24. The SMILES string of the molecule is CCCCCCCC/C=C/CCCCCCC/C=N\OCC[N+](C)(C)CCO/N=C\CCCCCCC/C=C/CCCCCCCC.[I-]. The molecule has 0 radical (unpaired) electrons. The minimum atomic E-state index is 0. The van der Waals surface area contributed by atoms with Crippen LogP contribution in [0.5, 0.6) is 0 Å². The molecule has 0 aromatic rings. The maximum absolute atomic E-state index is 5.51. The van der Waals surface area contributed by atoms with Gasteiger partial charge in [-0.05, 0) is 77.0 Å². The van der Waals surface area contributed by atoms with Gasteiger partial charge in [-0.2, -0.15) is 0 Å². The van der Waals surface area contributed by atoms with E-state index in [1.807, 2.05) is 12.4 Å². The van der Waals surface area contributed by atoms with Crippen molar-refractivity contribution in [2.24, 2.45) is 10.3 Å². The van der Waals surface area contributed by atoms with Gasteiger partial charge in [-0.15, -0.1) is 0 Å². The Labute approximate surface area is 317 Å². The van der Waals surface area contributed by atoms with Gasteiger partial charge < -0.3 is 38.1 Å². The number of quaternary nitrogens is 1. The van der Waals surface area contributed by atoms with E-state index < -0.39 is 0 Å². The molecule has 48 heavy (non-hydrogen) atoms. The van der Waals surface area contributed by atoms with Crippen LogP contribution in [-0.2, 0) is 9.68 Å². The minimum absolute atomic E-state index is 0. The van der Waals surface area contributed by atoms with Gasteiger partial charge in [0.15, 0.2) is 13.2 Å². The molecule has 6 heteroatoms. The quantitative estimate of drug-likeness (QED) is 0.0156. The summed E-state index contributed by atoms with van der Waals surface area (Å²) in [5.74, 6) is 0. The molecule has 0 aliphatic heterocycles. The first kappa shape index (κ1) is 49.2. The summed E-state index contributed by atoms with van der Waals surface area (Å²) in [6, 6.07) is 0. The van der Waals surface area contributed by atoms with Crippen LogP contribution in [0.2, 0.25) is 0 Å². The summed E-state index contributed by atoms with van der Waals surface area (Å²) in [5.41, 5.74) is 0. The lowest BCUT2D eigenvalue weighted by atomic mass is 10.1. The van der Waals surface area contributed by atoms with Crippen LogP contribution in [0.15, 0.2) is 34.6 Å². The van der Waals surface area contributed by atoms with Crippen LogP contribution < -0.4 is 24.0 Å². The van der Waals surface area contributed by atoms with Crippen molar-refractivity contribution >= 4 is 12.4 Å². The standard InChI is InChI=1S/C42H82N3O2.HI/c1-5-7-9-11-13-15-17-19-21-23-25-27-29-31-33-35-37-43-46-41-39-45(3,4)40-42-47-44-38-36-34-32-30-28-26-24-22-20-18-16-14-12-10-8-6-2;/h19-22,37-38H,5-18,23-36,39-42H2,1-4H3;1H/q+1;/p-1/b21-19+,22-20+,43-37-,44-38-;. The smallest absolute Gasteiger partial charge is 0.165 e. The summed E-state index contributed by atoms with van der Waals surface area (Å²) in [6.07, 6.45) is 50.2. The summed E-state index contributed by atoms with van der Waals surface area (Å²) >= 11 is 0. The van der Waals surface area contributed by atoms with E-state index in [4.69, 9.17) is 9.68 Å². The van der Waals surface area contributed by atoms with E-state index in [0.29, 0.717) is 13.2 Å². The van der Waals surface area contributed by atoms with Crippen molar-refractivity contribution in [3.63, 3.8) is 0 Å². The van der Waals surface area contributed by atoms with Crippen LogP contribution in [0, 0.1) is 0 Å². The fourth-order valence-electron chi connectivity index (χ4n) is 5.62. The van der Waals surface area contributed by atoms with E-state index in [-0.39, 0.29) is 24.0 Å². The predicted octanol–water partition coefficient (Wildman–Crippen LogP) is 10.1. The first-order valence-electron chi connectivity index (χ1n) is 20.5. The van der Waals surface area contributed by atoms with Crippen LogP contribution in [0.1, 0.15) is 194 Å². The third-order valence-corrected chi connectivity index (χ3v) is 9.06. The van der Waals surface area contributed by atoms with E-state index in [0.717, 1.165) is 30.4 Å². The molecule has 0 fully saturated rings. The number of allylic oxidation sites excluding steroid dienone is 4. The Hall–Kier alpha value is -0.890. The van der Waals surface area contributed by atoms with E-state index in [1.165, 1.54) is 167 Å². The second-order valence-electron chi connectivity index (χ2n) is 14.4. The number of hydrogen-bond donors (Lipinski definition) is 0. The molecule has 0 saturated heterocycles. The number of rotatable bonds is 38. The number of nitrogens with zero attached hydrogens (tertiary/aromatic N) is 3. The molecule has 0 aliphatic rings. The molecular weight excluding hydrogens is 705 g/mol. The third kappa shape index (κ3) is 43.1. The van der Waals surface area contributed by atoms with Gasteiger partial charge in [0.1, 0.15) is 13.1 Å². The Kier molecular flexibility index (Phi) is 43.4. The molecule has 0 spiro atoms. The molecule has 0 N–H and O–H groups in total. The first-order valence-corrected chi connectivity index (χ1v) is 20.5. The van der Waals surface area contributed by atoms with Crippen molar-refractivity contribution in [2.45, 2.75) is 194 Å². The summed E-state index contributed by atoms with van der Waals surface area (Å²) in [6.45, 7) is 7.65. The van der Waals surface area contributed by atoms with Crippen LogP contribution in [0.25, 0.3) is 0 Å². The Bertz CT molecular complexity index is 666. The highest BCUT2D eigenvalue weighted by molar-refractivity contribution is 5.56. The van der Waals surface area contributed by atoms with Crippen LogP contribution in [-0.4, -0.2) is 57.3 Å². The summed E-state index contributed by atoms with van der Waals surface area (Å²) < 4.78 is 0.841. The van der Waals surface area contributed by atoms with Gasteiger partial charge in [-0.25, -0.2) is 0 Å². The van der Waals surface area contributed by atoms with Crippen molar-refractivity contribution in [1.82, 2.24) is 0 Å².